The van der Waals surface area contributed by atoms with Gasteiger partial charge in [0.2, 0.25) is 0 Å². The SMILES string of the molecule is COC(=O)C(C)C1CNCCC1(C(=O)OC)N(CCC=O)c1ccccc1. The molecule has 2 rings (SSSR count). The first-order valence-corrected chi connectivity index (χ1v) is 9.16. The first-order valence-electron chi connectivity index (χ1n) is 9.16. The molecular formula is C20H28N2O5. The molecule has 7 nitrogen and oxygen atoms in total. The van der Waals surface area contributed by atoms with Gasteiger partial charge in [0.25, 0.3) is 0 Å². The van der Waals surface area contributed by atoms with Gasteiger partial charge in [-0.3, -0.25) is 4.79 Å². The lowest BCUT2D eigenvalue weighted by Crippen LogP contribution is -2.68. The topological polar surface area (TPSA) is 84.9 Å². The molecule has 1 N–H and O–H groups in total. The molecule has 0 aromatic heterocycles. The summed E-state index contributed by atoms with van der Waals surface area (Å²) in [6, 6.07) is 9.46. The summed E-state index contributed by atoms with van der Waals surface area (Å²) >= 11 is 0. The van der Waals surface area contributed by atoms with E-state index in [1.807, 2.05) is 35.2 Å². The minimum absolute atomic E-state index is 0.264. The fourth-order valence-corrected chi connectivity index (χ4v) is 4.06. The van der Waals surface area contributed by atoms with E-state index in [9.17, 15) is 14.4 Å². The minimum Gasteiger partial charge on any atom is -0.469 e. The summed E-state index contributed by atoms with van der Waals surface area (Å²) in [5, 5.41) is 3.28. The van der Waals surface area contributed by atoms with Crippen molar-refractivity contribution in [2.75, 3.05) is 38.8 Å². The number of carbonyl (C=O) groups excluding carboxylic acids is 3. The molecule has 1 aliphatic rings. The van der Waals surface area contributed by atoms with E-state index < -0.39 is 17.4 Å². The molecule has 1 aliphatic heterocycles. The second-order valence-corrected chi connectivity index (χ2v) is 6.73. The van der Waals surface area contributed by atoms with Crippen LogP contribution in [0.2, 0.25) is 0 Å². The lowest BCUT2D eigenvalue weighted by Gasteiger charge is -2.51. The molecule has 1 heterocycles. The second kappa shape index (κ2) is 9.50. The number of esters is 2. The third kappa shape index (κ3) is 4.13. The molecule has 148 valence electrons. The number of methoxy groups -OCH3 is 2. The number of anilines is 1. The van der Waals surface area contributed by atoms with Gasteiger partial charge >= 0.3 is 11.9 Å². The van der Waals surface area contributed by atoms with Gasteiger partial charge in [-0.1, -0.05) is 25.1 Å². The van der Waals surface area contributed by atoms with Crippen LogP contribution >= 0.6 is 0 Å². The van der Waals surface area contributed by atoms with E-state index in [4.69, 9.17) is 9.47 Å². The van der Waals surface area contributed by atoms with E-state index in [2.05, 4.69) is 5.32 Å². The quantitative estimate of drug-likeness (QED) is 0.542. The summed E-state index contributed by atoms with van der Waals surface area (Å²) in [4.78, 5) is 38.5. The summed E-state index contributed by atoms with van der Waals surface area (Å²) in [6.07, 6.45) is 1.56. The van der Waals surface area contributed by atoms with Gasteiger partial charge in [-0.05, 0) is 25.1 Å². The maximum absolute atomic E-state index is 13.2. The van der Waals surface area contributed by atoms with E-state index in [0.717, 1.165) is 12.0 Å². The molecule has 3 atom stereocenters. The van der Waals surface area contributed by atoms with Crippen molar-refractivity contribution in [1.29, 1.82) is 0 Å². The number of aldehydes is 1. The van der Waals surface area contributed by atoms with E-state index >= 15 is 0 Å². The third-order valence-electron chi connectivity index (χ3n) is 5.40. The van der Waals surface area contributed by atoms with Gasteiger partial charge in [-0.15, -0.1) is 0 Å². The zero-order valence-electron chi connectivity index (χ0n) is 16.1. The van der Waals surface area contributed by atoms with E-state index in [0.29, 0.717) is 26.1 Å². The Hall–Kier alpha value is -2.41. The average Bonchev–Trinajstić information content (AvgIpc) is 2.73. The molecular weight excluding hydrogens is 348 g/mol. The van der Waals surface area contributed by atoms with Crippen LogP contribution < -0.4 is 10.2 Å². The number of hydrogen-bond acceptors (Lipinski definition) is 7. The molecule has 3 unspecified atom stereocenters. The van der Waals surface area contributed by atoms with Crippen LogP contribution in [0.15, 0.2) is 30.3 Å². The minimum atomic E-state index is -1.07. The van der Waals surface area contributed by atoms with Crippen LogP contribution in [0.3, 0.4) is 0 Å². The molecule has 0 bridgehead atoms. The summed E-state index contributed by atoms with van der Waals surface area (Å²) in [5.74, 6) is -1.68. The smallest absolute Gasteiger partial charge is 0.332 e. The van der Waals surface area contributed by atoms with Gasteiger partial charge in [-0.25, -0.2) is 4.79 Å². The zero-order valence-corrected chi connectivity index (χ0v) is 16.1. The van der Waals surface area contributed by atoms with Crippen molar-refractivity contribution in [3.05, 3.63) is 30.3 Å². The maximum Gasteiger partial charge on any atom is 0.332 e. The lowest BCUT2D eigenvalue weighted by atomic mass is 9.70. The van der Waals surface area contributed by atoms with Crippen molar-refractivity contribution < 1.29 is 23.9 Å². The van der Waals surface area contributed by atoms with Crippen LogP contribution in [-0.2, 0) is 23.9 Å². The molecule has 27 heavy (non-hydrogen) atoms. The Labute approximate surface area is 160 Å². The first kappa shape index (κ1) is 20.9. The Bertz CT molecular complexity index is 651. The fraction of sp³-hybridized carbons (Fsp3) is 0.550. The van der Waals surface area contributed by atoms with Gasteiger partial charge in [0.15, 0.2) is 0 Å². The van der Waals surface area contributed by atoms with Gasteiger partial charge < -0.3 is 24.5 Å². The third-order valence-corrected chi connectivity index (χ3v) is 5.40. The molecule has 0 aliphatic carbocycles. The number of ether oxygens (including phenoxy) is 2. The van der Waals surface area contributed by atoms with Crippen molar-refractivity contribution in [2.24, 2.45) is 11.8 Å². The van der Waals surface area contributed by atoms with Gasteiger partial charge in [0, 0.05) is 31.1 Å². The maximum atomic E-state index is 13.2. The van der Waals surface area contributed by atoms with Crippen molar-refractivity contribution in [1.82, 2.24) is 5.32 Å². The van der Waals surface area contributed by atoms with E-state index in [1.54, 1.807) is 6.92 Å². The molecule has 1 fully saturated rings. The average molecular weight is 376 g/mol. The summed E-state index contributed by atoms with van der Waals surface area (Å²) in [7, 11) is 2.70. The highest BCUT2D eigenvalue weighted by molar-refractivity contribution is 5.88. The number of rotatable bonds is 8. The molecule has 0 spiro atoms. The monoisotopic (exact) mass is 376 g/mol. The first-order chi connectivity index (χ1) is 13.0. The predicted molar refractivity (Wildman–Crippen MR) is 101 cm³/mol. The van der Waals surface area contributed by atoms with Crippen molar-refractivity contribution in [3.8, 4) is 0 Å². The molecule has 0 amide bonds. The molecule has 1 aromatic carbocycles. The van der Waals surface area contributed by atoms with Gasteiger partial charge in [-0.2, -0.15) is 0 Å². The van der Waals surface area contributed by atoms with Gasteiger partial charge in [0.1, 0.15) is 11.8 Å². The number of nitrogens with zero attached hydrogens (tertiary/aromatic N) is 1. The summed E-state index contributed by atoms with van der Waals surface area (Å²) in [5.41, 5.74) is -0.258. The van der Waals surface area contributed by atoms with Crippen LogP contribution in [-0.4, -0.2) is 57.6 Å². The molecule has 0 saturated carbocycles. The Morgan fingerprint density at radius 2 is 2.00 bits per heavy atom. The van der Waals surface area contributed by atoms with E-state index in [1.165, 1.54) is 14.2 Å². The molecule has 0 radical (unpaired) electrons. The van der Waals surface area contributed by atoms with Crippen molar-refractivity contribution in [3.63, 3.8) is 0 Å². The van der Waals surface area contributed by atoms with Crippen molar-refractivity contribution in [2.45, 2.75) is 25.3 Å². The summed E-state index contributed by atoms with van der Waals surface area (Å²) < 4.78 is 10.2. The van der Waals surface area contributed by atoms with Crippen LogP contribution in [0.5, 0.6) is 0 Å². The van der Waals surface area contributed by atoms with Crippen LogP contribution in [0.4, 0.5) is 5.69 Å². The normalized spacial score (nSPS) is 23.1. The van der Waals surface area contributed by atoms with Crippen molar-refractivity contribution >= 4 is 23.9 Å². The standard InChI is InChI=1S/C20H28N2O5/c1-15(18(24)26-2)17-14-21-11-10-20(17,19(25)27-3)22(12-7-13-23)16-8-5-4-6-9-16/h4-6,8-9,13,15,17,21H,7,10-12,14H2,1-3H3. The summed E-state index contributed by atoms with van der Waals surface area (Å²) in [6.45, 7) is 3.19. The van der Waals surface area contributed by atoms with Crippen LogP contribution in [0.25, 0.3) is 0 Å². The predicted octanol–water partition coefficient (Wildman–Crippen LogP) is 1.41. The number of piperidine rings is 1. The number of nitrogens with one attached hydrogen (secondary N) is 1. The van der Waals surface area contributed by atoms with Crippen LogP contribution in [0, 0.1) is 11.8 Å². The Morgan fingerprint density at radius 1 is 1.30 bits per heavy atom. The highest BCUT2D eigenvalue weighted by atomic mass is 16.5. The molecule has 1 aromatic rings. The molecule has 7 heteroatoms. The number of benzene rings is 1. The van der Waals surface area contributed by atoms with E-state index in [-0.39, 0.29) is 18.3 Å². The second-order valence-electron chi connectivity index (χ2n) is 6.73. The highest BCUT2D eigenvalue weighted by Crippen LogP contribution is 2.40. The zero-order chi connectivity index (χ0) is 19.9. The van der Waals surface area contributed by atoms with Crippen LogP contribution in [0.1, 0.15) is 19.8 Å². The Kier molecular flexibility index (Phi) is 7.36. The van der Waals surface area contributed by atoms with Gasteiger partial charge in [0.05, 0.1) is 20.1 Å². The number of carbonyl (C=O) groups is 3. The highest BCUT2D eigenvalue weighted by Gasteiger charge is 2.55. The Morgan fingerprint density at radius 3 is 2.59 bits per heavy atom. The number of para-hydroxylation sites is 1. The fourth-order valence-electron chi connectivity index (χ4n) is 4.06. The lowest BCUT2D eigenvalue weighted by molar-refractivity contribution is -0.156. The molecule has 1 saturated heterocycles. The Balaban J connectivity index is 2.60. The largest absolute Gasteiger partial charge is 0.469 e. The number of hydrogen-bond donors (Lipinski definition) is 1.